The van der Waals surface area contributed by atoms with Gasteiger partial charge in [-0.25, -0.2) is 4.79 Å². The number of hydrogen-bond donors (Lipinski definition) is 1. The SMILES string of the molecule is COc1ccc(OC)c(/C=C/C(=O)OCC(=O)Nc2ccc(C#N)cc2)c1. The Labute approximate surface area is 156 Å². The summed E-state index contributed by atoms with van der Waals surface area (Å²) in [5.41, 5.74) is 1.63. The molecule has 27 heavy (non-hydrogen) atoms. The number of benzene rings is 2. The highest BCUT2D eigenvalue weighted by Gasteiger charge is 2.07. The van der Waals surface area contributed by atoms with Gasteiger partial charge in [-0.2, -0.15) is 5.26 Å². The molecule has 0 aromatic heterocycles. The van der Waals surface area contributed by atoms with E-state index in [0.717, 1.165) is 0 Å². The summed E-state index contributed by atoms with van der Waals surface area (Å²) in [5.74, 6) is 0.0271. The smallest absolute Gasteiger partial charge is 0.331 e. The summed E-state index contributed by atoms with van der Waals surface area (Å²) < 4.78 is 15.3. The lowest BCUT2D eigenvalue weighted by molar-refractivity contribution is -0.142. The van der Waals surface area contributed by atoms with Crippen LogP contribution in [0.25, 0.3) is 6.08 Å². The number of hydrogen-bond acceptors (Lipinski definition) is 6. The number of nitriles is 1. The molecule has 0 spiro atoms. The van der Waals surface area contributed by atoms with Crippen LogP contribution < -0.4 is 14.8 Å². The fourth-order valence-corrected chi connectivity index (χ4v) is 2.14. The molecular weight excluding hydrogens is 348 g/mol. The Balaban J connectivity index is 1.89. The molecule has 138 valence electrons. The van der Waals surface area contributed by atoms with Gasteiger partial charge in [0.05, 0.1) is 25.9 Å². The van der Waals surface area contributed by atoms with E-state index in [-0.39, 0.29) is 0 Å². The van der Waals surface area contributed by atoms with Crippen molar-refractivity contribution in [2.24, 2.45) is 0 Å². The zero-order valence-corrected chi connectivity index (χ0v) is 14.9. The lowest BCUT2D eigenvalue weighted by Crippen LogP contribution is -2.20. The molecule has 0 fully saturated rings. The Morgan fingerprint density at radius 3 is 2.48 bits per heavy atom. The Morgan fingerprint density at radius 1 is 1.11 bits per heavy atom. The third-order valence-corrected chi connectivity index (χ3v) is 3.48. The minimum atomic E-state index is -0.671. The number of carbonyl (C=O) groups excluding carboxylic acids is 2. The second-order valence-electron chi connectivity index (χ2n) is 5.29. The van der Waals surface area contributed by atoms with Gasteiger partial charge in [0.1, 0.15) is 11.5 Å². The summed E-state index contributed by atoms with van der Waals surface area (Å²) in [6.07, 6.45) is 2.72. The van der Waals surface area contributed by atoms with Crippen LogP contribution in [0.15, 0.2) is 48.5 Å². The lowest BCUT2D eigenvalue weighted by atomic mass is 10.1. The maximum atomic E-state index is 11.8. The lowest BCUT2D eigenvalue weighted by Gasteiger charge is -2.07. The van der Waals surface area contributed by atoms with Gasteiger partial charge in [0.2, 0.25) is 0 Å². The molecule has 0 saturated carbocycles. The third kappa shape index (κ3) is 5.90. The van der Waals surface area contributed by atoms with Gasteiger partial charge in [0, 0.05) is 17.3 Å². The molecule has 0 atom stereocenters. The van der Waals surface area contributed by atoms with Crippen molar-refractivity contribution in [3.8, 4) is 17.6 Å². The molecule has 2 aromatic carbocycles. The van der Waals surface area contributed by atoms with Crippen LogP contribution in [-0.2, 0) is 14.3 Å². The summed E-state index contributed by atoms with van der Waals surface area (Å²) in [7, 11) is 3.06. The van der Waals surface area contributed by atoms with Crippen LogP contribution in [0.2, 0.25) is 0 Å². The molecule has 0 unspecified atom stereocenters. The third-order valence-electron chi connectivity index (χ3n) is 3.48. The molecule has 0 bridgehead atoms. The first kappa shape index (κ1) is 19.5. The number of anilines is 1. The molecule has 0 aliphatic carbocycles. The van der Waals surface area contributed by atoms with Crippen LogP contribution in [0.3, 0.4) is 0 Å². The Bertz CT molecular complexity index is 882. The van der Waals surface area contributed by atoms with Crippen LogP contribution in [0.5, 0.6) is 11.5 Å². The van der Waals surface area contributed by atoms with Gasteiger partial charge in [-0.1, -0.05) is 0 Å². The molecule has 0 saturated heterocycles. The van der Waals surface area contributed by atoms with Crippen molar-refractivity contribution in [3.63, 3.8) is 0 Å². The number of esters is 1. The first-order valence-corrected chi connectivity index (χ1v) is 7.92. The number of amides is 1. The summed E-state index contributed by atoms with van der Waals surface area (Å²) >= 11 is 0. The summed E-state index contributed by atoms with van der Waals surface area (Å²) in [5, 5.41) is 11.3. The molecule has 1 amide bonds. The largest absolute Gasteiger partial charge is 0.497 e. The monoisotopic (exact) mass is 366 g/mol. The van der Waals surface area contributed by atoms with Gasteiger partial charge in [-0.05, 0) is 48.5 Å². The number of nitrogens with one attached hydrogen (secondary N) is 1. The average Bonchev–Trinajstić information content (AvgIpc) is 2.71. The maximum Gasteiger partial charge on any atom is 0.331 e. The van der Waals surface area contributed by atoms with Crippen molar-refractivity contribution in [1.82, 2.24) is 0 Å². The molecule has 2 aromatic rings. The van der Waals surface area contributed by atoms with Crippen molar-refractivity contribution in [3.05, 3.63) is 59.7 Å². The van der Waals surface area contributed by atoms with Crippen molar-refractivity contribution in [2.45, 2.75) is 0 Å². The van der Waals surface area contributed by atoms with Gasteiger partial charge < -0.3 is 19.5 Å². The highest BCUT2D eigenvalue weighted by atomic mass is 16.5. The predicted molar refractivity (Wildman–Crippen MR) is 99.3 cm³/mol. The van der Waals surface area contributed by atoms with Crippen LogP contribution >= 0.6 is 0 Å². The molecule has 1 N–H and O–H groups in total. The molecule has 0 radical (unpaired) electrons. The summed E-state index contributed by atoms with van der Waals surface area (Å²) in [6.45, 7) is -0.432. The molecule has 0 aliphatic rings. The van der Waals surface area contributed by atoms with E-state index in [4.69, 9.17) is 19.5 Å². The van der Waals surface area contributed by atoms with E-state index in [1.54, 1.807) is 42.5 Å². The number of rotatable bonds is 7. The minimum absolute atomic E-state index is 0.432. The van der Waals surface area contributed by atoms with E-state index < -0.39 is 18.5 Å². The van der Waals surface area contributed by atoms with Gasteiger partial charge in [0.25, 0.3) is 5.91 Å². The fraction of sp³-hybridized carbons (Fsp3) is 0.150. The van der Waals surface area contributed by atoms with Crippen LogP contribution in [-0.4, -0.2) is 32.7 Å². The second kappa shape index (κ2) is 9.63. The van der Waals surface area contributed by atoms with Crippen molar-refractivity contribution in [1.29, 1.82) is 5.26 Å². The number of nitrogens with zero attached hydrogens (tertiary/aromatic N) is 1. The van der Waals surface area contributed by atoms with Crippen molar-refractivity contribution < 1.29 is 23.8 Å². The molecule has 0 heterocycles. The summed E-state index contributed by atoms with van der Waals surface area (Å²) in [6, 6.07) is 13.5. The highest BCUT2D eigenvalue weighted by Crippen LogP contribution is 2.25. The molecule has 2 rings (SSSR count). The Hall–Kier alpha value is -3.79. The van der Waals surface area contributed by atoms with Crippen LogP contribution in [0, 0.1) is 11.3 Å². The zero-order chi connectivity index (χ0) is 19.6. The van der Waals surface area contributed by atoms with Crippen molar-refractivity contribution >= 4 is 23.6 Å². The molecular formula is C20H18N2O5. The topological polar surface area (TPSA) is 97.7 Å². The molecule has 7 nitrogen and oxygen atoms in total. The Kier molecular flexibility index (Phi) is 6.97. The minimum Gasteiger partial charge on any atom is -0.497 e. The highest BCUT2D eigenvalue weighted by molar-refractivity contribution is 5.94. The van der Waals surface area contributed by atoms with E-state index in [2.05, 4.69) is 5.32 Å². The van der Waals surface area contributed by atoms with Crippen LogP contribution in [0.1, 0.15) is 11.1 Å². The second-order valence-corrected chi connectivity index (χ2v) is 5.29. The van der Waals surface area contributed by atoms with Crippen molar-refractivity contribution in [2.75, 3.05) is 26.1 Å². The number of carbonyl (C=O) groups is 2. The van der Waals surface area contributed by atoms with E-state index in [1.165, 1.54) is 26.4 Å². The van der Waals surface area contributed by atoms with Crippen LogP contribution in [0.4, 0.5) is 5.69 Å². The van der Waals surface area contributed by atoms with E-state index in [9.17, 15) is 9.59 Å². The predicted octanol–water partition coefficient (Wildman–Crippen LogP) is 2.77. The summed E-state index contributed by atoms with van der Waals surface area (Å²) in [4.78, 5) is 23.6. The fourth-order valence-electron chi connectivity index (χ4n) is 2.14. The first-order chi connectivity index (χ1) is 13.0. The number of methoxy groups -OCH3 is 2. The normalized spacial score (nSPS) is 10.1. The van der Waals surface area contributed by atoms with E-state index in [0.29, 0.717) is 28.3 Å². The Morgan fingerprint density at radius 2 is 1.85 bits per heavy atom. The van der Waals surface area contributed by atoms with Gasteiger partial charge in [-0.15, -0.1) is 0 Å². The zero-order valence-electron chi connectivity index (χ0n) is 14.9. The maximum absolute atomic E-state index is 11.8. The quantitative estimate of drug-likeness (QED) is 0.598. The standard InChI is InChI=1S/C20H18N2O5/c1-25-17-8-9-18(26-2)15(11-17)5-10-20(24)27-13-19(23)22-16-6-3-14(12-21)4-7-16/h3-11H,13H2,1-2H3,(H,22,23)/b10-5+. The van der Waals surface area contributed by atoms with Gasteiger partial charge in [0.15, 0.2) is 6.61 Å². The van der Waals surface area contributed by atoms with E-state index >= 15 is 0 Å². The number of ether oxygens (including phenoxy) is 3. The van der Waals surface area contributed by atoms with Gasteiger partial charge in [-0.3, -0.25) is 4.79 Å². The molecule has 0 aliphatic heterocycles. The van der Waals surface area contributed by atoms with E-state index in [1.807, 2.05) is 6.07 Å². The first-order valence-electron chi connectivity index (χ1n) is 7.92. The molecule has 7 heteroatoms. The van der Waals surface area contributed by atoms with Gasteiger partial charge >= 0.3 is 5.97 Å². The average molecular weight is 366 g/mol.